The Morgan fingerprint density at radius 2 is 2.00 bits per heavy atom. The number of fused-ring (bicyclic) bond motifs is 2. The quantitative estimate of drug-likeness (QED) is 0.630. The molecule has 1 aliphatic carbocycles. The van der Waals surface area contributed by atoms with E-state index in [1.807, 2.05) is 0 Å². The number of benzene rings is 1. The highest BCUT2D eigenvalue weighted by molar-refractivity contribution is 5.83. The zero-order valence-electron chi connectivity index (χ0n) is 9.09. The highest BCUT2D eigenvalue weighted by atomic mass is 14.7. The Kier molecular flexibility index (Phi) is 1.98. The molecule has 0 saturated heterocycles. The van der Waals surface area contributed by atoms with Gasteiger partial charge in [-0.2, -0.15) is 0 Å². The molecule has 0 amide bonds. The number of aromatic nitrogens is 1. The van der Waals surface area contributed by atoms with Gasteiger partial charge in [-0.15, -0.1) is 0 Å². The highest BCUT2D eigenvalue weighted by Crippen LogP contribution is 2.25. The molecule has 1 nitrogen and oxygen atoms in total. The Bertz CT molecular complexity index is 514. The zero-order chi connectivity index (χ0) is 10.3. The van der Waals surface area contributed by atoms with Gasteiger partial charge in [0.25, 0.3) is 0 Å². The third kappa shape index (κ3) is 1.43. The second-order valence-electron chi connectivity index (χ2n) is 4.44. The predicted molar refractivity (Wildman–Crippen MR) is 63.1 cm³/mol. The molecular weight excluding hydrogens is 182 g/mol. The molecule has 0 atom stereocenters. The molecule has 1 heteroatoms. The molecule has 0 N–H and O–H groups in total. The number of nitrogens with zero attached hydrogens (tertiary/aromatic N) is 1. The molecule has 0 radical (unpaired) electrons. The minimum absolute atomic E-state index is 1.16. The van der Waals surface area contributed by atoms with E-state index in [1.54, 1.807) is 0 Å². The normalized spacial score (nSPS) is 15.3. The molecule has 1 aromatic carbocycles. The van der Waals surface area contributed by atoms with Gasteiger partial charge in [0.1, 0.15) is 0 Å². The van der Waals surface area contributed by atoms with E-state index in [4.69, 9.17) is 4.98 Å². The van der Waals surface area contributed by atoms with Crippen LogP contribution in [0.5, 0.6) is 0 Å². The van der Waals surface area contributed by atoms with E-state index in [9.17, 15) is 0 Å². The average Bonchev–Trinajstić information content (AvgIpc) is 2.27. The molecule has 0 fully saturated rings. The fourth-order valence-electron chi connectivity index (χ4n) is 2.47. The summed E-state index contributed by atoms with van der Waals surface area (Å²) < 4.78 is 0. The van der Waals surface area contributed by atoms with Crippen molar-refractivity contribution in [3.63, 3.8) is 0 Å². The van der Waals surface area contributed by atoms with Crippen molar-refractivity contribution in [2.24, 2.45) is 0 Å². The fraction of sp³-hybridized carbons (Fsp3) is 0.357. The summed E-state index contributed by atoms with van der Waals surface area (Å²) in [6.45, 7) is 2.17. The number of aryl methyl sites for hydroxylation is 3. The van der Waals surface area contributed by atoms with Gasteiger partial charge in [-0.1, -0.05) is 12.1 Å². The molecule has 0 unspecified atom stereocenters. The van der Waals surface area contributed by atoms with Crippen LogP contribution in [0.15, 0.2) is 24.3 Å². The topological polar surface area (TPSA) is 12.9 Å². The van der Waals surface area contributed by atoms with Gasteiger partial charge in [-0.3, -0.25) is 4.98 Å². The van der Waals surface area contributed by atoms with Crippen LogP contribution in [0.1, 0.15) is 29.7 Å². The minimum atomic E-state index is 1.16. The summed E-state index contributed by atoms with van der Waals surface area (Å²) in [6.07, 6.45) is 5.01. The van der Waals surface area contributed by atoms with Crippen molar-refractivity contribution in [1.82, 2.24) is 4.98 Å². The largest absolute Gasteiger partial charge is 0.253 e. The standard InChI is InChI=1S/C14H15N/c1-10-5-4-8-14-12(10)9-11-6-2-3-7-13(11)15-14/h4-5,8-9H,2-3,6-7H2,1H3. The van der Waals surface area contributed by atoms with Crippen molar-refractivity contribution < 1.29 is 0 Å². The summed E-state index contributed by atoms with van der Waals surface area (Å²) >= 11 is 0. The number of rotatable bonds is 0. The number of hydrogen-bond acceptors (Lipinski definition) is 1. The van der Waals surface area contributed by atoms with E-state index in [0.717, 1.165) is 5.52 Å². The van der Waals surface area contributed by atoms with Crippen LogP contribution in [0.2, 0.25) is 0 Å². The Morgan fingerprint density at radius 3 is 2.93 bits per heavy atom. The molecule has 1 aromatic heterocycles. The van der Waals surface area contributed by atoms with Crippen molar-refractivity contribution in [2.75, 3.05) is 0 Å². The molecule has 0 aliphatic heterocycles. The summed E-state index contributed by atoms with van der Waals surface area (Å²) in [7, 11) is 0. The third-order valence-corrected chi connectivity index (χ3v) is 3.36. The lowest BCUT2D eigenvalue weighted by atomic mass is 9.94. The summed E-state index contributed by atoms with van der Waals surface area (Å²) in [6, 6.07) is 8.74. The fourth-order valence-corrected chi connectivity index (χ4v) is 2.47. The van der Waals surface area contributed by atoms with Gasteiger partial charge in [0, 0.05) is 11.1 Å². The molecule has 3 rings (SSSR count). The van der Waals surface area contributed by atoms with Crippen LogP contribution >= 0.6 is 0 Å². The molecule has 0 saturated carbocycles. The van der Waals surface area contributed by atoms with Gasteiger partial charge in [-0.05, 0) is 55.9 Å². The smallest absolute Gasteiger partial charge is 0.0708 e. The van der Waals surface area contributed by atoms with Gasteiger partial charge < -0.3 is 0 Å². The summed E-state index contributed by atoms with van der Waals surface area (Å²) in [5.41, 5.74) is 5.31. The van der Waals surface area contributed by atoms with Crippen LogP contribution in [0.3, 0.4) is 0 Å². The van der Waals surface area contributed by atoms with Gasteiger partial charge in [0.2, 0.25) is 0 Å². The van der Waals surface area contributed by atoms with Crippen LogP contribution in [0.25, 0.3) is 10.9 Å². The number of hydrogen-bond donors (Lipinski definition) is 0. The molecule has 1 heterocycles. The third-order valence-electron chi connectivity index (χ3n) is 3.36. The first-order valence-electron chi connectivity index (χ1n) is 5.73. The lowest BCUT2D eigenvalue weighted by Gasteiger charge is -2.15. The van der Waals surface area contributed by atoms with E-state index >= 15 is 0 Å². The van der Waals surface area contributed by atoms with Crippen molar-refractivity contribution in [3.05, 3.63) is 41.1 Å². The van der Waals surface area contributed by atoms with E-state index in [1.165, 1.54) is 47.9 Å². The Hall–Kier alpha value is -1.37. The maximum Gasteiger partial charge on any atom is 0.0708 e. The molecule has 2 aromatic rings. The molecule has 0 bridgehead atoms. The maximum atomic E-state index is 4.78. The first kappa shape index (κ1) is 8.90. The van der Waals surface area contributed by atoms with Crippen LogP contribution < -0.4 is 0 Å². The Morgan fingerprint density at radius 1 is 1.13 bits per heavy atom. The lowest BCUT2D eigenvalue weighted by molar-refractivity contribution is 0.671. The SMILES string of the molecule is Cc1cccc2nc3c(cc12)CCCC3. The van der Waals surface area contributed by atoms with Crippen LogP contribution in [0, 0.1) is 6.92 Å². The molecule has 76 valence electrons. The maximum absolute atomic E-state index is 4.78. The van der Waals surface area contributed by atoms with Gasteiger partial charge in [0.15, 0.2) is 0 Å². The van der Waals surface area contributed by atoms with E-state index in [0.29, 0.717) is 0 Å². The van der Waals surface area contributed by atoms with Crippen molar-refractivity contribution in [2.45, 2.75) is 32.6 Å². The number of pyridine rings is 1. The summed E-state index contributed by atoms with van der Waals surface area (Å²) in [5.74, 6) is 0. The first-order valence-corrected chi connectivity index (χ1v) is 5.73. The van der Waals surface area contributed by atoms with E-state index < -0.39 is 0 Å². The lowest BCUT2D eigenvalue weighted by Crippen LogP contribution is -2.05. The minimum Gasteiger partial charge on any atom is -0.253 e. The second-order valence-corrected chi connectivity index (χ2v) is 4.44. The van der Waals surface area contributed by atoms with E-state index in [2.05, 4.69) is 31.2 Å². The van der Waals surface area contributed by atoms with Crippen molar-refractivity contribution in [3.8, 4) is 0 Å². The Labute approximate surface area is 90.2 Å². The predicted octanol–water partition coefficient (Wildman–Crippen LogP) is 3.42. The van der Waals surface area contributed by atoms with E-state index in [-0.39, 0.29) is 0 Å². The molecule has 15 heavy (non-hydrogen) atoms. The first-order chi connectivity index (χ1) is 7.34. The highest BCUT2D eigenvalue weighted by Gasteiger charge is 2.11. The van der Waals surface area contributed by atoms with Gasteiger partial charge in [0.05, 0.1) is 5.52 Å². The summed E-state index contributed by atoms with van der Waals surface area (Å²) in [4.78, 5) is 4.78. The van der Waals surface area contributed by atoms with Gasteiger partial charge in [-0.25, -0.2) is 0 Å². The molecule has 0 spiro atoms. The van der Waals surface area contributed by atoms with Crippen LogP contribution in [-0.4, -0.2) is 4.98 Å². The van der Waals surface area contributed by atoms with Crippen LogP contribution in [-0.2, 0) is 12.8 Å². The van der Waals surface area contributed by atoms with Crippen molar-refractivity contribution in [1.29, 1.82) is 0 Å². The van der Waals surface area contributed by atoms with Crippen LogP contribution in [0.4, 0.5) is 0 Å². The van der Waals surface area contributed by atoms with Crippen molar-refractivity contribution >= 4 is 10.9 Å². The second kappa shape index (κ2) is 3.34. The van der Waals surface area contributed by atoms with Gasteiger partial charge >= 0.3 is 0 Å². The average molecular weight is 197 g/mol. The summed E-state index contributed by atoms with van der Waals surface area (Å²) in [5, 5.41) is 1.33. The monoisotopic (exact) mass is 197 g/mol. The molecular formula is C14H15N. The Balaban J connectivity index is 2.31. The molecule has 1 aliphatic rings. The zero-order valence-corrected chi connectivity index (χ0v) is 9.09.